The lowest BCUT2D eigenvalue weighted by Gasteiger charge is -2.14. The molecule has 5 N–H and O–H groups in total. The highest BCUT2D eigenvalue weighted by molar-refractivity contribution is 5.92. The molecule has 0 heterocycles. The summed E-state index contributed by atoms with van der Waals surface area (Å²) in [6.07, 6.45) is 1.37. The second kappa shape index (κ2) is 7.53. The molecule has 0 saturated carbocycles. The number of carbonyl (C=O) groups is 2. The van der Waals surface area contributed by atoms with Crippen molar-refractivity contribution in [3.05, 3.63) is 29.8 Å². The first kappa shape index (κ1) is 15.2. The van der Waals surface area contributed by atoms with Crippen molar-refractivity contribution >= 4 is 17.5 Å². The summed E-state index contributed by atoms with van der Waals surface area (Å²) >= 11 is 0. The number of anilines is 1. The molecule has 0 saturated heterocycles. The van der Waals surface area contributed by atoms with Gasteiger partial charge >= 0.3 is 0 Å². The summed E-state index contributed by atoms with van der Waals surface area (Å²) in [4.78, 5) is 22.9. The molecule has 2 amide bonds. The molecular formula is C14H21N3O2. The molecule has 1 aromatic rings. The van der Waals surface area contributed by atoms with E-state index in [9.17, 15) is 9.59 Å². The fourth-order valence-corrected chi connectivity index (χ4v) is 1.84. The van der Waals surface area contributed by atoms with E-state index in [-0.39, 0.29) is 18.2 Å². The number of nitrogens with two attached hydrogens (primary N) is 2. The molecule has 0 radical (unpaired) electrons. The highest BCUT2D eigenvalue weighted by Crippen LogP contribution is 2.17. The van der Waals surface area contributed by atoms with Gasteiger partial charge in [-0.05, 0) is 24.1 Å². The van der Waals surface area contributed by atoms with Gasteiger partial charge in [-0.1, -0.05) is 31.5 Å². The Hall–Kier alpha value is -1.88. The molecule has 1 rings (SSSR count). The van der Waals surface area contributed by atoms with Crippen molar-refractivity contribution in [2.24, 2.45) is 17.4 Å². The number of amides is 2. The van der Waals surface area contributed by atoms with Crippen LogP contribution in [0.1, 0.15) is 25.3 Å². The summed E-state index contributed by atoms with van der Waals surface area (Å²) < 4.78 is 0. The van der Waals surface area contributed by atoms with Gasteiger partial charge in [0.2, 0.25) is 11.8 Å². The number of rotatable bonds is 7. The van der Waals surface area contributed by atoms with Crippen LogP contribution >= 0.6 is 0 Å². The fourth-order valence-electron chi connectivity index (χ4n) is 1.84. The normalized spacial score (nSPS) is 11.9. The molecule has 5 heteroatoms. The van der Waals surface area contributed by atoms with Crippen LogP contribution in [0.5, 0.6) is 0 Å². The minimum absolute atomic E-state index is 0.0887. The largest absolute Gasteiger partial charge is 0.369 e. The average molecular weight is 263 g/mol. The fraction of sp³-hybridized carbons (Fsp3) is 0.429. The molecule has 1 aromatic carbocycles. The molecule has 0 aromatic heterocycles. The third-order valence-corrected chi connectivity index (χ3v) is 3.04. The van der Waals surface area contributed by atoms with Crippen LogP contribution in [-0.2, 0) is 16.0 Å². The lowest BCUT2D eigenvalue weighted by atomic mass is 10.0. The van der Waals surface area contributed by atoms with E-state index in [0.29, 0.717) is 18.7 Å². The zero-order valence-electron chi connectivity index (χ0n) is 11.2. The van der Waals surface area contributed by atoms with E-state index in [1.54, 1.807) is 18.2 Å². The summed E-state index contributed by atoms with van der Waals surface area (Å²) in [5.74, 6) is -0.326. The standard InChI is InChI=1S/C14H21N3O2/c1-2-10(9-15)7-14(19)17-12-6-4-3-5-11(12)8-13(16)18/h3-6,10H,2,7-9,15H2,1H3,(H2,16,18)(H,17,19). The third kappa shape index (κ3) is 5.09. The molecule has 1 unspecified atom stereocenters. The Balaban J connectivity index is 2.70. The second-order valence-electron chi connectivity index (χ2n) is 4.56. The molecule has 1 atom stereocenters. The van der Waals surface area contributed by atoms with Gasteiger partial charge in [0.15, 0.2) is 0 Å². The smallest absolute Gasteiger partial charge is 0.224 e. The topological polar surface area (TPSA) is 98.2 Å². The Kier molecular flexibility index (Phi) is 6.02. The van der Waals surface area contributed by atoms with E-state index in [0.717, 1.165) is 12.0 Å². The Morgan fingerprint density at radius 1 is 1.32 bits per heavy atom. The molecule has 0 aliphatic heterocycles. The van der Waals surface area contributed by atoms with Crippen molar-refractivity contribution in [1.29, 1.82) is 0 Å². The molecule has 19 heavy (non-hydrogen) atoms. The highest BCUT2D eigenvalue weighted by Gasteiger charge is 2.12. The van der Waals surface area contributed by atoms with Gasteiger partial charge in [-0.3, -0.25) is 9.59 Å². The van der Waals surface area contributed by atoms with Gasteiger partial charge in [-0.15, -0.1) is 0 Å². The first-order chi connectivity index (χ1) is 9.06. The van der Waals surface area contributed by atoms with E-state index in [1.165, 1.54) is 0 Å². The second-order valence-corrected chi connectivity index (χ2v) is 4.56. The van der Waals surface area contributed by atoms with Crippen molar-refractivity contribution < 1.29 is 9.59 Å². The minimum Gasteiger partial charge on any atom is -0.369 e. The van der Waals surface area contributed by atoms with Gasteiger partial charge in [-0.2, -0.15) is 0 Å². The van der Waals surface area contributed by atoms with Crippen LogP contribution in [-0.4, -0.2) is 18.4 Å². The predicted octanol–water partition coefficient (Wildman–Crippen LogP) is 1.03. The Morgan fingerprint density at radius 2 is 2.00 bits per heavy atom. The molecule has 0 bridgehead atoms. The van der Waals surface area contributed by atoms with Crippen LogP contribution in [0.15, 0.2) is 24.3 Å². The van der Waals surface area contributed by atoms with Gasteiger partial charge in [0, 0.05) is 12.1 Å². The summed E-state index contributed by atoms with van der Waals surface area (Å²) in [5, 5.41) is 2.81. The first-order valence-electron chi connectivity index (χ1n) is 6.43. The zero-order chi connectivity index (χ0) is 14.3. The SMILES string of the molecule is CCC(CN)CC(=O)Nc1ccccc1CC(N)=O. The lowest BCUT2D eigenvalue weighted by molar-refractivity contribution is -0.118. The van der Waals surface area contributed by atoms with Gasteiger partial charge in [0.1, 0.15) is 0 Å². The number of hydrogen-bond donors (Lipinski definition) is 3. The van der Waals surface area contributed by atoms with Gasteiger partial charge < -0.3 is 16.8 Å². The monoisotopic (exact) mass is 263 g/mol. The van der Waals surface area contributed by atoms with E-state index in [2.05, 4.69) is 5.32 Å². The number of carbonyl (C=O) groups excluding carboxylic acids is 2. The number of para-hydroxylation sites is 1. The van der Waals surface area contributed by atoms with Crippen LogP contribution in [0.25, 0.3) is 0 Å². The predicted molar refractivity (Wildman–Crippen MR) is 75.4 cm³/mol. The molecule has 0 fully saturated rings. The van der Waals surface area contributed by atoms with E-state index in [1.807, 2.05) is 13.0 Å². The molecule has 0 aliphatic carbocycles. The quantitative estimate of drug-likeness (QED) is 0.685. The molecule has 0 aliphatic rings. The van der Waals surface area contributed by atoms with Gasteiger partial charge in [0.05, 0.1) is 6.42 Å². The average Bonchev–Trinajstić information content (AvgIpc) is 2.37. The maximum atomic E-state index is 11.9. The van der Waals surface area contributed by atoms with E-state index < -0.39 is 5.91 Å². The molecule has 104 valence electrons. The first-order valence-corrected chi connectivity index (χ1v) is 6.43. The van der Waals surface area contributed by atoms with Crippen LogP contribution in [0.3, 0.4) is 0 Å². The van der Waals surface area contributed by atoms with Crippen LogP contribution in [0, 0.1) is 5.92 Å². The van der Waals surface area contributed by atoms with Crippen molar-refractivity contribution in [2.75, 3.05) is 11.9 Å². The Labute approximate surface area is 113 Å². The summed E-state index contributed by atoms with van der Waals surface area (Å²) in [5.41, 5.74) is 12.1. The molecular weight excluding hydrogens is 242 g/mol. The van der Waals surface area contributed by atoms with Crippen molar-refractivity contribution in [3.63, 3.8) is 0 Å². The molecule has 5 nitrogen and oxygen atoms in total. The maximum Gasteiger partial charge on any atom is 0.224 e. The number of primary amides is 1. The van der Waals surface area contributed by atoms with Gasteiger partial charge in [0.25, 0.3) is 0 Å². The highest BCUT2D eigenvalue weighted by atomic mass is 16.2. The maximum absolute atomic E-state index is 11.9. The van der Waals surface area contributed by atoms with E-state index >= 15 is 0 Å². The van der Waals surface area contributed by atoms with Crippen LogP contribution < -0.4 is 16.8 Å². The number of hydrogen-bond acceptors (Lipinski definition) is 3. The summed E-state index contributed by atoms with van der Waals surface area (Å²) in [7, 11) is 0. The number of nitrogens with one attached hydrogen (secondary N) is 1. The summed E-state index contributed by atoms with van der Waals surface area (Å²) in [6, 6.07) is 7.16. The van der Waals surface area contributed by atoms with Gasteiger partial charge in [-0.25, -0.2) is 0 Å². The van der Waals surface area contributed by atoms with Crippen LogP contribution in [0.4, 0.5) is 5.69 Å². The van der Waals surface area contributed by atoms with Crippen LogP contribution in [0.2, 0.25) is 0 Å². The zero-order valence-corrected chi connectivity index (χ0v) is 11.2. The number of benzene rings is 1. The third-order valence-electron chi connectivity index (χ3n) is 3.04. The van der Waals surface area contributed by atoms with Crippen molar-refractivity contribution in [1.82, 2.24) is 0 Å². The summed E-state index contributed by atoms with van der Waals surface area (Å²) in [6.45, 7) is 2.50. The lowest BCUT2D eigenvalue weighted by Crippen LogP contribution is -2.22. The van der Waals surface area contributed by atoms with Crippen molar-refractivity contribution in [3.8, 4) is 0 Å². The van der Waals surface area contributed by atoms with E-state index in [4.69, 9.17) is 11.5 Å². The minimum atomic E-state index is -0.421. The molecule has 0 spiro atoms. The van der Waals surface area contributed by atoms with Crippen molar-refractivity contribution in [2.45, 2.75) is 26.2 Å². The Morgan fingerprint density at radius 3 is 2.58 bits per heavy atom. The Bertz CT molecular complexity index is 442.